The lowest BCUT2D eigenvalue weighted by Gasteiger charge is -2.07. The fraction of sp³-hybridized carbons (Fsp3) is 0.364. The van der Waals surface area contributed by atoms with Crippen LogP contribution < -0.4 is 0 Å². The number of carbonyl (C=O) groups excluding carboxylic acids is 1. The SMILES string of the molecule is O=C1CCCCc2cc(O)cc(O)c21. The van der Waals surface area contributed by atoms with E-state index in [1.165, 1.54) is 6.07 Å². The fourth-order valence-corrected chi connectivity index (χ4v) is 1.91. The van der Waals surface area contributed by atoms with E-state index in [0.29, 0.717) is 12.0 Å². The molecule has 0 heterocycles. The summed E-state index contributed by atoms with van der Waals surface area (Å²) in [6, 6.07) is 2.79. The van der Waals surface area contributed by atoms with Crippen LogP contribution in [0.4, 0.5) is 0 Å². The lowest BCUT2D eigenvalue weighted by molar-refractivity contribution is 0.0979. The Labute approximate surface area is 82.0 Å². The number of benzene rings is 1. The molecule has 2 rings (SSSR count). The second-order valence-electron chi connectivity index (χ2n) is 3.63. The summed E-state index contributed by atoms with van der Waals surface area (Å²) in [6.07, 6.45) is 3.03. The van der Waals surface area contributed by atoms with Gasteiger partial charge in [0.1, 0.15) is 11.5 Å². The summed E-state index contributed by atoms with van der Waals surface area (Å²) in [4.78, 5) is 11.6. The van der Waals surface area contributed by atoms with Crippen molar-refractivity contribution < 1.29 is 15.0 Å². The molecule has 0 saturated heterocycles. The fourth-order valence-electron chi connectivity index (χ4n) is 1.91. The molecule has 3 nitrogen and oxygen atoms in total. The van der Waals surface area contributed by atoms with Gasteiger partial charge in [-0.1, -0.05) is 0 Å². The highest BCUT2D eigenvalue weighted by Gasteiger charge is 2.19. The van der Waals surface area contributed by atoms with E-state index < -0.39 is 0 Å². The van der Waals surface area contributed by atoms with Gasteiger partial charge in [-0.05, 0) is 30.9 Å². The Kier molecular flexibility index (Phi) is 2.15. The number of carbonyl (C=O) groups is 1. The third-order valence-corrected chi connectivity index (χ3v) is 2.56. The Morgan fingerprint density at radius 1 is 1.07 bits per heavy atom. The van der Waals surface area contributed by atoms with Crippen molar-refractivity contribution in [3.05, 3.63) is 23.3 Å². The van der Waals surface area contributed by atoms with E-state index >= 15 is 0 Å². The van der Waals surface area contributed by atoms with Gasteiger partial charge in [-0.15, -0.1) is 0 Å². The molecular weight excluding hydrogens is 180 g/mol. The first-order valence-electron chi connectivity index (χ1n) is 4.76. The molecule has 0 spiro atoms. The first-order valence-corrected chi connectivity index (χ1v) is 4.76. The van der Waals surface area contributed by atoms with Gasteiger partial charge >= 0.3 is 0 Å². The van der Waals surface area contributed by atoms with Crippen molar-refractivity contribution in [2.75, 3.05) is 0 Å². The average Bonchev–Trinajstić information content (AvgIpc) is 2.27. The van der Waals surface area contributed by atoms with Gasteiger partial charge in [0, 0.05) is 12.5 Å². The summed E-state index contributed by atoms with van der Waals surface area (Å²) in [5.41, 5.74) is 1.17. The van der Waals surface area contributed by atoms with Crippen LogP contribution in [0.3, 0.4) is 0 Å². The van der Waals surface area contributed by atoms with Gasteiger partial charge in [-0.3, -0.25) is 4.79 Å². The van der Waals surface area contributed by atoms with Crippen LogP contribution in [0.2, 0.25) is 0 Å². The summed E-state index contributed by atoms with van der Waals surface area (Å²) in [6.45, 7) is 0. The molecule has 2 N–H and O–H groups in total. The lowest BCUT2D eigenvalue weighted by atomic mass is 10.0. The number of fused-ring (bicyclic) bond motifs is 1. The molecule has 0 saturated carbocycles. The molecule has 74 valence electrons. The minimum absolute atomic E-state index is 0.0185. The van der Waals surface area contributed by atoms with E-state index in [1.54, 1.807) is 6.07 Å². The van der Waals surface area contributed by atoms with Gasteiger partial charge in [0.25, 0.3) is 0 Å². The molecule has 3 heteroatoms. The van der Waals surface area contributed by atoms with Crippen LogP contribution in [0.5, 0.6) is 11.5 Å². The molecule has 14 heavy (non-hydrogen) atoms. The highest BCUT2D eigenvalue weighted by molar-refractivity contribution is 6.00. The second kappa shape index (κ2) is 3.33. The average molecular weight is 192 g/mol. The maximum Gasteiger partial charge on any atom is 0.166 e. The summed E-state index contributed by atoms with van der Waals surface area (Å²) >= 11 is 0. The van der Waals surface area contributed by atoms with E-state index in [9.17, 15) is 15.0 Å². The summed E-state index contributed by atoms with van der Waals surface area (Å²) in [5, 5.41) is 18.8. The van der Waals surface area contributed by atoms with Gasteiger partial charge in [-0.2, -0.15) is 0 Å². The normalized spacial score (nSPS) is 16.1. The van der Waals surface area contributed by atoms with Crippen LogP contribution in [0.1, 0.15) is 35.2 Å². The van der Waals surface area contributed by atoms with Crippen LogP contribution in [-0.2, 0) is 6.42 Å². The number of hydrogen-bond acceptors (Lipinski definition) is 3. The largest absolute Gasteiger partial charge is 0.508 e. The number of Topliss-reactive ketones (excluding diaryl/α,β-unsaturated/α-hetero) is 1. The summed E-state index contributed by atoms with van der Waals surface area (Å²) in [7, 11) is 0. The summed E-state index contributed by atoms with van der Waals surface area (Å²) < 4.78 is 0. The van der Waals surface area contributed by atoms with Crippen LogP contribution in [0.15, 0.2) is 12.1 Å². The minimum Gasteiger partial charge on any atom is -0.508 e. The maximum absolute atomic E-state index is 11.6. The number of phenols is 2. The van der Waals surface area contributed by atoms with Crippen molar-refractivity contribution in [3.63, 3.8) is 0 Å². The highest BCUT2D eigenvalue weighted by atomic mass is 16.3. The van der Waals surface area contributed by atoms with Gasteiger partial charge in [0.2, 0.25) is 0 Å². The van der Waals surface area contributed by atoms with Crippen LogP contribution >= 0.6 is 0 Å². The third kappa shape index (κ3) is 1.45. The van der Waals surface area contributed by atoms with E-state index in [2.05, 4.69) is 0 Å². The Morgan fingerprint density at radius 3 is 2.57 bits per heavy atom. The Morgan fingerprint density at radius 2 is 1.79 bits per heavy atom. The van der Waals surface area contributed by atoms with Gasteiger partial charge < -0.3 is 10.2 Å². The monoisotopic (exact) mass is 192 g/mol. The van der Waals surface area contributed by atoms with Gasteiger partial charge in [-0.25, -0.2) is 0 Å². The number of aromatic hydroxyl groups is 2. The van der Waals surface area contributed by atoms with Crippen molar-refractivity contribution in [2.45, 2.75) is 25.7 Å². The van der Waals surface area contributed by atoms with Crippen molar-refractivity contribution in [3.8, 4) is 11.5 Å². The first-order chi connectivity index (χ1) is 6.68. The highest BCUT2D eigenvalue weighted by Crippen LogP contribution is 2.31. The quantitative estimate of drug-likeness (QED) is 0.618. The van der Waals surface area contributed by atoms with Crippen LogP contribution in [0, 0.1) is 0 Å². The molecule has 0 aliphatic heterocycles. The Hall–Kier alpha value is -1.51. The maximum atomic E-state index is 11.6. The molecule has 0 atom stereocenters. The smallest absolute Gasteiger partial charge is 0.166 e. The third-order valence-electron chi connectivity index (χ3n) is 2.56. The molecule has 0 unspecified atom stereocenters. The van der Waals surface area contributed by atoms with E-state index in [-0.39, 0.29) is 17.3 Å². The number of aryl methyl sites for hydroxylation is 1. The predicted octanol–water partition coefficient (Wildman–Crippen LogP) is 2.01. The molecular formula is C11H12O3. The van der Waals surface area contributed by atoms with E-state index in [0.717, 1.165) is 24.8 Å². The van der Waals surface area contributed by atoms with Gasteiger partial charge in [0.05, 0.1) is 5.56 Å². The predicted molar refractivity (Wildman–Crippen MR) is 51.7 cm³/mol. The molecule has 0 fully saturated rings. The zero-order chi connectivity index (χ0) is 10.1. The molecule has 0 radical (unpaired) electrons. The summed E-state index contributed by atoms with van der Waals surface area (Å²) in [5.74, 6) is -0.0853. The van der Waals surface area contributed by atoms with Crippen molar-refractivity contribution in [1.29, 1.82) is 0 Å². The van der Waals surface area contributed by atoms with Crippen molar-refractivity contribution in [1.82, 2.24) is 0 Å². The molecule has 0 amide bonds. The molecule has 1 aromatic carbocycles. The molecule has 1 aliphatic rings. The van der Waals surface area contributed by atoms with Crippen LogP contribution in [0.25, 0.3) is 0 Å². The minimum atomic E-state index is -0.0908. The molecule has 1 aromatic rings. The second-order valence-corrected chi connectivity index (χ2v) is 3.63. The van der Waals surface area contributed by atoms with E-state index in [4.69, 9.17) is 0 Å². The van der Waals surface area contributed by atoms with E-state index in [1.807, 2.05) is 0 Å². The molecule has 0 aromatic heterocycles. The molecule has 0 bridgehead atoms. The number of hydrogen-bond donors (Lipinski definition) is 2. The van der Waals surface area contributed by atoms with Crippen molar-refractivity contribution >= 4 is 5.78 Å². The lowest BCUT2D eigenvalue weighted by Crippen LogP contribution is -2.00. The Balaban J connectivity index is 2.58. The molecule has 1 aliphatic carbocycles. The number of ketones is 1. The number of rotatable bonds is 0. The van der Waals surface area contributed by atoms with Gasteiger partial charge in [0.15, 0.2) is 5.78 Å². The zero-order valence-electron chi connectivity index (χ0n) is 7.79. The topological polar surface area (TPSA) is 57.5 Å². The Bertz CT molecular complexity index is 382. The van der Waals surface area contributed by atoms with Crippen LogP contribution in [-0.4, -0.2) is 16.0 Å². The standard InChI is InChI=1S/C11H12O3/c12-8-5-7-3-1-2-4-9(13)11(7)10(14)6-8/h5-6,12,14H,1-4H2. The zero-order valence-corrected chi connectivity index (χ0v) is 7.79. The van der Waals surface area contributed by atoms with Crippen molar-refractivity contribution in [2.24, 2.45) is 0 Å². The first kappa shape index (κ1) is 9.06. The number of phenolic OH excluding ortho intramolecular Hbond substituents is 2.